The molecule has 0 aliphatic rings. The van der Waals surface area contributed by atoms with Crippen LogP contribution >= 0.6 is 11.6 Å². The van der Waals surface area contributed by atoms with Crippen molar-refractivity contribution in [3.63, 3.8) is 0 Å². The summed E-state index contributed by atoms with van der Waals surface area (Å²) >= 11 is 5.83. The average Bonchev–Trinajstić information content (AvgIpc) is 2.70. The van der Waals surface area contributed by atoms with Gasteiger partial charge in [-0.2, -0.15) is 0 Å². The molecule has 0 bridgehead atoms. The molecule has 110 valence electrons. The number of nitrogens with zero attached hydrogens (tertiary/aromatic N) is 2. The predicted molar refractivity (Wildman–Crippen MR) is 78.9 cm³/mol. The maximum Gasteiger partial charge on any atom is 0.244 e. The molecule has 0 aromatic carbocycles. The highest BCUT2D eigenvalue weighted by molar-refractivity contribution is 7.89. The topological polar surface area (TPSA) is 42.3 Å². The van der Waals surface area contributed by atoms with E-state index in [-0.39, 0.29) is 5.41 Å². The second-order valence-corrected chi connectivity index (χ2v) is 8.22. The number of sulfonamides is 1. The fourth-order valence-corrected chi connectivity index (χ4v) is 3.70. The van der Waals surface area contributed by atoms with E-state index >= 15 is 0 Å². The molecule has 0 saturated carbocycles. The second kappa shape index (κ2) is 5.85. The van der Waals surface area contributed by atoms with Gasteiger partial charge < -0.3 is 4.57 Å². The van der Waals surface area contributed by atoms with Crippen molar-refractivity contribution >= 4 is 21.6 Å². The number of rotatable bonds is 5. The van der Waals surface area contributed by atoms with Gasteiger partial charge in [0.2, 0.25) is 10.0 Å². The molecule has 0 unspecified atom stereocenters. The fourth-order valence-electron chi connectivity index (χ4n) is 2.00. The van der Waals surface area contributed by atoms with E-state index in [4.69, 9.17) is 11.6 Å². The van der Waals surface area contributed by atoms with E-state index in [1.54, 1.807) is 19.3 Å². The van der Waals surface area contributed by atoms with Crippen LogP contribution in [0.4, 0.5) is 0 Å². The van der Waals surface area contributed by atoms with Crippen LogP contribution < -0.4 is 0 Å². The zero-order valence-electron chi connectivity index (χ0n) is 12.3. The third kappa shape index (κ3) is 3.97. The lowest BCUT2D eigenvalue weighted by Gasteiger charge is -2.25. The maximum atomic E-state index is 12.5. The summed E-state index contributed by atoms with van der Waals surface area (Å²) in [6, 6.07) is 1.66. The summed E-state index contributed by atoms with van der Waals surface area (Å²) in [6.07, 6.45) is 1.66. The number of aromatic nitrogens is 1. The van der Waals surface area contributed by atoms with Crippen molar-refractivity contribution in [3.8, 4) is 0 Å². The number of halogens is 1. The molecule has 0 saturated heterocycles. The molecule has 0 fully saturated rings. The van der Waals surface area contributed by atoms with Crippen LogP contribution in [0.2, 0.25) is 0 Å². The van der Waals surface area contributed by atoms with Crippen LogP contribution in [0.5, 0.6) is 0 Å². The van der Waals surface area contributed by atoms with Crippen molar-refractivity contribution in [2.45, 2.75) is 45.0 Å². The summed E-state index contributed by atoms with van der Waals surface area (Å²) in [5, 5.41) is 0. The lowest BCUT2D eigenvalue weighted by molar-refractivity contribution is 0.311. The molecule has 19 heavy (non-hydrogen) atoms. The normalized spacial score (nSPS) is 13.2. The molecule has 1 heterocycles. The van der Waals surface area contributed by atoms with Gasteiger partial charge in [-0.05, 0) is 18.4 Å². The molecule has 0 radical (unpaired) electrons. The predicted octanol–water partition coefficient (Wildman–Crippen LogP) is 2.91. The second-order valence-electron chi connectivity index (χ2n) is 5.91. The van der Waals surface area contributed by atoms with Gasteiger partial charge in [-0.3, -0.25) is 0 Å². The van der Waals surface area contributed by atoms with Gasteiger partial charge in [0.25, 0.3) is 0 Å². The molecule has 4 nitrogen and oxygen atoms in total. The Morgan fingerprint density at radius 1 is 1.37 bits per heavy atom. The van der Waals surface area contributed by atoms with E-state index in [0.717, 1.165) is 5.69 Å². The van der Waals surface area contributed by atoms with Crippen molar-refractivity contribution in [2.24, 2.45) is 5.41 Å². The molecule has 0 amide bonds. The monoisotopic (exact) mass is 306 g/mol. The summed E-state index contributed by atoms with van der Waals surface area (Å²) in [5.41, 5.74) is 0.747. The Hall–Kier alpha value is -0.520. The third-order valence-electron chi connectivity index (χ3n) is 2.84. The molecule has 0 aliphatic heterocycles. The average molecular weight is 307 g/mol. The molecule has 0 N–H and O–H groups in total. The fraction of sp³-hybridized carbons (Fsp3) is 0.692. The number of aryl methyl sites for hydroxylation is 1. The summed E-state index contributed by atoms with van der Waals surface area (Å²) < 4.78 is 28.2. The molecule has 0 spiro atoms. The van der Waals surface area contributed by atoms with Crippen LogP contribution in [0.1, 0.15) is 33.4 Å². The first-order chi connectivity index (χ1) is 8.61. The van der Waals surface area contributed by atoms with Gasteiger partial charge in [0.1, 0.15) is 4.90 Å². The van der Waals surface area contributed by atoms with E-state index < -0.39 is 10.0 Å². The Balaban J connectivity index is 3.10. The van der Waals surface area contributed by atoms with Crippen molar-refractivity contribution in [1.82, 2.24) is 8.87 Å². The van der Waals surface area contributed by atoms with Crippen molar-refractivity contribution in [2.75, 3.05) is 13.6 Å². The first-order valence-corrected chi connectivity index (χ1v) is 8.30. The Morgan fingerprint density at radius 2 is 1.95 bits per heavy atom. The first kappa shape index (κ1) is 16.5. The molecule has 1 aromatic rings. The quantitative estimate of drug-likeness (QED) is 0.785. The smallest absolute Gasteiger partial charge is 0.244 e. The molecule has 1 aromatic heterocycles. The van der Waals surface area contributed by atoms with E-state index in [9.17, 15) is 8.42 Å². The number of alkyl halides is 1. The van der Waals surface area contributed by atoms with Gasteiger partial charge in [0.05, 0.1) is 5.88 Å². The minimum Gasteiger partial charge on any atom is -0.349 e. The molecule has 0 atom stereocenters. The Labute approximate surface area is 121 Å². The third-order valence-corrected chi connectivity index (χ3v) is 4.89. The van der Waals surface area contributed by atoms with Crippen LogP contribution in [0.3, 0.4) is 0 Å². The first-order valence-electron chi connectivity index (χ1n) is 6.33. The molecular weight excluding hydrogens is 284 g/mol. The van der Waals surface area contributed by atoms with E-state index in [0.29, 0.717) is 23.9 Å². The summed E-state index contributed by atoms with van der Waals surface area (Å²) in [7, 11) is -1.82. The van der Waals surface area contributed by atoms with Crippen molar-refractivity contribution in [1.29, 1.82) is 0 Å². The van der Waals surface area contributed by atoms with Gasteiger partial charge in [0.15, 0.2) is 0 Å². The van der Waals surface area contributed by atoms with Crippen LogP contribution in [-0.2, 0) is 22.4 Å². The highest BCUT2D eigenvalue weighted by Gasteiger charge is 2.26. The van der Waals surface area contributed by atoms with Crippen LogP contribution in [0, 0.1) is 5.41 Å². The highest BCUT2D eigenvalue weighted by Crippen LogP contribution is 2.23. The molecular formula is C13H23ClN2O2S. The number of hydrogen-bond acceptors (Lipinski definition) is 2. The Bertz CT molecular complexity index is 508. The zero-order valence-corrected chi connectivity index (χ0v) is 13.8. The van der Waals surface area contributed by atoms with E-state index in [1.807, 2.05) is 32.3 Å². The van der Waals surface area contributed by atoms with Crippen LogP contribution in [-0.4, -0.2) is 30.9 Å². The SMILES string of the molecule is CCn1cc(S(=O)(=O)N(C)CC(C)(C)C)cc1CCl. The van der Waals surface area contributed by atoms with Crippen molar-refractivity contribution < 1.29 is 8.42 Å². The minimum absolute atomic E-state index is 0.0789. The van der Waals surface area contributed by atoms with Gasteiger partial charge in [-0.1, -0.05) is 20.8 Å². The Morgan fingerprint density at radius 3 is 2.32 bits per heavy atom. The summed E-state index contributed by atoms with van der Waals surface area (Å²) in [6.45, 7) is 9.19. The highest BCUT2D eigenvalue weighted by atomic mass is 35.5. The van der Waals surface area contributed by atoms with E-state index in [2.05, 4.69) is 0 Å². The largest absolute Gasteiger partial charge is 0.349 e. The molecule has 1 rings (SSSR count). The van der Waals surface area contributed by atoms with Crippen LogP contribution in [0.15, 0.2) is 17.2 Å². The zero-order chi connectivity index (χ0) is 14.8. The maximum absolute atomic E-state index is 12.5. The molecule has 0 aliphatic carbocycles. The van der Waals surface area contributed by atoms with Gasteiger partial charge in [-0.25, -0.2) is 12.7 Å². The standard InChI is InChI=1S/C13H23ClN2O2S/c1-6-16-9-12(7-11(16)8-14)19(17,18)15(5)10-13(2,3)4/h7,9H,6,8,10H2,1-5H3. The Kier molecular flexibility index (Phi) is 5.09. The van der Waals surface area contributed by atoms with Gasteiger partial charge in [-0.15, -0.1) is 11.6 Å². The lowest BCUT2D eigenvalue weighted by atomic mass is 9.97. The molecule has 6 heteroatoms. The lowest BCUT2D eigenvalue weighted by Crippen LogP contribution is -2.34. The number of hydrogen-bond donors (Lipinski definition) is 0. The van der Waals surface area contributed by atoms with Gasteiger partial charge in [0, 0.05) is 32.0 Å². The minimum atomic E-state index is -3.44. The van der Waals surface area contributed by atoms with Crippen LogP contribution in [0.25, 0.3) is 0 Å². The van der Waals surface area contributed by atoms with Gasteiger partial charge >= 0.3 is 0 Å². The van der Waals surface area contributed by atoms with E-state index in [1.165, 1.54) is 4.31 Å². The summed E-state index contributed by atoms with van der Waals surface area (Å²) in [4.78, 5) is 0.316. The van der Waals surface area contributed by atoms with Crippen molar-refractivity contribution in [3.05, 3.63) is 18.0 Å². The summed E-state index contributed by atoms with van der Waals surface area (Å²) in [5.74, 6) is 0.312.